The van der Waals surface area contributed by atoms with E-state index >= 15 is 0 Å². The van der Waals surface area contributed by atoms with E-state index in [9.17, 15) is 9.59 Å². The van der Waals surface area contributed by atoms with Gasteiger partial charge in [0.25, 0.3) is 5.91 Å². The van der Waals surface area contributed by atoms with Crippen molar-refractivity contribution in [3.63, 3.8) is 0 Å². The van der Waals surface area contributed by atoms with Gasteiger partial charge in [0.2, 0.25) is 0 Å². The van der Waals surface area contributed by atoms with Crippen LogP contribution in [0.5, 0.6) is 11.5 Å². The van der Waals surface area contributed by atoms with E-state index in [0.29, 0.717) is 31.4 Å². The van der Waals surface area contributed by atoms with E-state index in [-0.39, 0.29) is 11.7 Å². The van der Waals surface area contributed by atoms with Crippen LogP contribution in [0.4, 0.5) is 0 Å². The van der Waals surface area contributed by atoms with Gasteiger partial charge >= 0.3 is 5.97 Å². The molecule has 9 heteroatoms. The summed E-state index contributed by atoms with van der Waals surface area (Å²) in [7, 11) is 1.49. The van der Waals surface area contributed by atoms with Gasteiger partial charge in [0, 0.05) is 16.6 Å². The number of thiophene rings is 1. The Morgan fingerprint density at radius 3 is 2.68 bits per heavy atom. The predicted molar refractivity (Wildman–Crippen MR) is 130 cm³/mol. The molecule has 0 N–H and O–H groups in total. The van der Waals surface area contributed by atoms with Gasteiger partial charge in [-0.15, -0.1) is 11.3 Å². The molecule has 1 saturated heterocycles. The topological polar surface area (TPSA) is 55.8 Å². The Kier molecular flexibility index (Phi) is 6.34. The lowest BCUT2D eigenvalue weighted by atomic mass is 10.2. The zero-order valence-electron chi connectivity index (χ0n) is 16.5. The number of rotatable bonds is 5. The van der Waals surface area contributed by atoms with E-state index in [1.54, 1.807) is 29.2 Å². The van der Waals surface area contributed by atoms with Crippen molar-refractivity contribution in [1.82, 2.24) is 4.90 Å². The number of amides is 1. The Balaban J connectivity index is 1.59. The Labute approximate surface area is 197 Å². The minimum absolute atomic E-state index is 0.119. The molecule has 0 atom stereocenters. The van der Waals surface area contributed by atoms with Crippen molar-refractivity contribution >= 4 is 79.3 Å². The molecule has 2 heterocycles. The molecule has 0 aliphatic carbocycles. The summed E-state index contributed by atoms with van der Waals surface area (Å²) in [5.41, 5.74) is 0.730. The number of methoxy groups -OCH3 is 1. The van der Waals surface area contributed by atoms with E-state index in [4.69, 9.17) is 33.3 Å². The smallest absolute Gasteiger partial charge is 0.355 e. The number of halogens is 1. The van der Waals surface area contributed by atoms with Crippen molar-refractivity contribution in [2.75, 3.05) is 13.7 Å². The minimum Gasteiger partial charge on any atom is -0.493 e. The SMILES string of the molecule is CCN1C(=O)/C(=C/c2ccc(OC(=O)c3sc4ccccc4c3Cl)c(OC)c2)SC1=S. The Morgan fingerprint density at radius 2 is 2.00 bits per heavy atom. The molecule has 5 nitrogen and oxygen atoms in total. The van der Waals surface area contributed by atoms with Crippen LogP contribution in [0.2, 0.25) is 5.02 Å². The number of carbonyl (C=O) groups is 2. The number of hydrogen-bond acceptors (Lipinski definition) is 7. The van der Waals surface area contributed by atoms with Gasteiger partial charge in [0.15, 0.2) is 11.5 Å². The van der Waals surface area contributed by atoms with Gasteiger partial charge in [-0.05, 0) is 36.8 Å². The average Bonchev–Trinajstić information content (AvgIpc) is 3.24. The maximum Gasteiger partial charge on any atom is 0.355 e. The maximum absolute atomic E-state index is 12.8. The van der Waals surface area contributed by atoms with Gasteiger partial charge in [-0.1, -0.05) is 59.8 Å². The van der Waals surface area contributed by atoms with Crippen LogP contribution in [0.25, 0.3) is 16.2 Å². The molecule has 4 rings (SSSR count). The number of esters is 1. The quantitative estimate of drug-likeness (QED) is 0.189. The number of carbonyl (C=O) groups excluding carboxylic acids is 2. The zero-order valence-corrected chi connectivity index (χ0v) is 19.7. The van der Waals surface area contributed by atoms with Crippen molar-refractivity contribution in [2.45, 2.75) is 6.92 Å². The molecule has 3 aromatic rings. The van der Waals surface area contributed by atoms with Gasteiger partial charge in [-0.2, -0.15) is 0 Å². The molecule has 0 radical (unpaired) electrons. The number of hydrogen-bond donors (Lipinski definition) is 0. The van der Waals surface area contributed by atoms with Crippen LogP contribution in [0.1, 0.15) is 22.2 Å². The number of benzene rings is 2. The van der Waals surface area contributed by atoms with Crippen molar-refractivity contribution in [3.8, 4) is 11.5 Å². The lowest BCUT2D eigenvalue weighted by molar-refractivity contribution is -0.121. The molecule has 0 spiro atoms. The standard InChI is InChI=1S/C22H16ClNO4S3/c1-3-24-20(25)17(31-22(24)29)11-12-8-9-14(15(10-12)27-2)28-21(26)19-18(23)13-6-4-5-7-16(13)30-19/h4-11H,3H2,1-2H3/b17-11-. The molecule has 1 aliphatic heterocycles. The monoisotopic (exact) mass is 489 g/mol. The van der Waals surface area contributed by atoms with E-state index in [1.807, 2.05) is 31.2 Å². The highest BCUT2D eigenvalue weighted by atomic mass is 35.5. The van der Waals surface area contributed by atoms with Crippen LogP contribution >= 0.6 is 46.9 Å². The lowest BCUT2D eigenvalue weighted by Crippen LogP contribution is -2.27. The molecule has 0 unspecified atom stereocenters. The summed E-state index contributed by atoms with van der Waals surface area (Å²) in [5.74, 6) is -0.0444. The molecule has 2 aromatic carbocycles. The molecule has 1 aromatic heterocycles. The molecular formula is C22H16ClNO4S3. The van der Waals surface area contributed by atoms with Gasteiger partial charge < -0.3 is 9.47 Å². The summed E-state index contributed by atoms with van der Waals surface area (Å²) in [6.45, 7) is 2.41. The first-order valence-electron chi connectivity index (χ1n) is 9.25. The molecule has 0 saturated carbocycles. The number of thioether (sulfide) groups is 1. The molecular weight excluding hydrogens is 474 g/mol. The van der Waals surface area contributed by atoms with Gasteiger partial charge in [-0.25, -0.2) is 4.79 Å². The third kappa shape index (κ3) is 4.21. The van der Waals surface area contributed by atoms with Crippen molar-refractivity contribution in [3.05, 3.63) is 62.8 Å². The number of nitrogens with zero attached hydrogens (tertiary/aromatic N) is 1. The van der Waals surface area contributed by atoms with Crippen LogP contribution in [-0.4, -0.2) is 34.8 Å². The summed E-state index contributed by atoms with van der Waals surface area (Å²) in [6.07, 6.45) is 1.74. The first-order valence-corrected chi connectivity index (χ1v) is 11.7. The lowest BCUT2D eigenvalue weighted by Gasteiger charge is -2.10. The maximum atomic E-state index is 12.8. The second-order valence-corrected chi connectivity index (χ2v) is 9.57. The van der Waals surface area contributed by atoms with Gasteiger partial charge in [-0.3, -0.25) is 9.69 Å². The van der Waals surface area contributed by atoms with Crippen molar-refractivity contribution < 1.29 is 19.1 Å². The average molecular weight is 490 g/mol. The van der Waals surface area contributed by atoms with E-state index < -0.39 is 5.97 Å². The molecule has 1 aliphatic rings. The van der Waals surface area contributed by atoms with Crippen molar-refractivity contribution in [1.29, 1.82) is 0 Å². The number of fused-ring (bicyclic) bond motifs is 1. The third-order valence-electron chi connectivity index (χ3n) is 4.60. The number of likely N-dealkylation sites (N-methyl/N-ethyl adjacent to an activating group) is 1. The first kappa shape index (κ1) is 21.8. The van der Waals surface area contributed by atoms with Crippen LogP contribution < -0.4 is 9.47 Å². The first-order chi connectivity index (χ1) is 14.9. The highest BCUT2D eigenvalue weighted by Crippen LogP contribution is 2.38. The highest BCUT2D eigenvalue weighted by molar-refractivity contribution is 8.26. The largest absolute Gasteiger partial charge is 0.493 e. The highest BCUT2D eigenvalue weighted by Gasteiger charge is 2.30. The van der Waals surface area contributed by atoms with Gasteiger partial charge in [0.1, 0.15) is 9.20 Å². The fraction of sp³-hybridized carbons (Fsp3) is 0.136. The molecule has 1 amide bonds. The van der Waals surface area contributed by atoms with Crippen molar-refractivity contribution in [2.24, 2.45) is 0 Å². The minimum atomic E-state index is -0.555. The van der Waals surface area contributed by atoms with Crippen LogP contribution in [0.15, 0.2) is 47.4 Å². The number of ether oxygens (including phenoxy) is 2. The fourth-order valence-electron chi connectivity index (χ4n) is 3.07. The Bertz CT molecular complexity index is 1250. The molecule has 1 fully saturated rings. The molecule has 31 heavy (non-hydrogen) atoms. The van der Waals surface area contributed by atoms with E-state index in [2.05, 4.69) is 0 Å². The Hall–Kier alpha value is -2.39. The summed E-state index contributed by atoms with van der Waals surface area (Å²) in [4.78, 5) is 27.6. The second kappa shape index (κ2) is 9.00. The molecule has 158 valence electrons. The predicted octanol–water partition coefficient (Wildman–Crippen LogP) is 6.00. The van der Waals surface area contributed by atoms with Gasteiger partial charge in [0.05, 0.1) is 17.0 Å². The summed E-state index contributed by atoms with van der Waals surface area (Å²) < 4.78 is 12.4. The Morgan fingerprint density at radius 1 is 1.23 bits per heavy atom. The number of thiocarbonyl (C=S) groups is 1. The summed E-state index contributed by atoms with van der Waals surface area (Å²) in [6, 6.07) is 12.6. The van der Waals surface area contributed by atoms with E-state index in [1.165, 1.54) is 30.2 Å². The van der Waals surface area contributed by atoms with Crippen LogP contribution in [-0.2, 0) is 4.79 Å². The summed E-state index contributed by atoms with van der Waals surface area (Å²) >= 11 is 14.2. The third-order valence-corrected chi connectivity index (χ3v) is 7.63. The van der Waals surface area contributed by atoms with E-state index in [0.717, 1.165) is 15.6 Å². The van der Waals surface area contributed by atoms with Crippen LogP contribution in [0, 0.1) is 0 Å². The summed E-state index contributed by atoms with van der Waals surface area (Å²) in [5, 5.41) is 1.19. The molecule has 0 bridgehead atoms. The zero-order chi connectivity index (χ0) is 22.1. The fourth-order valence-corrected chi connectivity index (χ4v) is 5.84. The normalized spacial score (nSPS) is 15.2. The van der Waals surface area contributed by atoms with Crippen LogP contribution in [0.3, 0.4) is 0 Å². The second-order valence-electron chi connectivity index (χ2n) is 6.47.